The van der Waals surface area contributed by atoms with Gasteiger partial charge in [-0.2, -0.15) is 5.10 Å². The smallest absolute Gasteiger partial charge is 0.255 e. The maximum Gasteiger partial charge on any atom is 0.255 e. The Morgan fingerprint density at radius 2 is 1.91 bits per heavy atom. The molecule has 1 saturated heterocycles. The first-order valence-electron chi connectivity index (χ1n) is 11.6. The first kappa shape index (κ1) is 22.7. The van der Waals surface area contributed by atoms with Gasteiger partial charge < -0.3 is 20.7 Å². The van der Waals surface area contributed by atoms with Crippen LogP contribution in [0.25, 0.3) is 10.8 Å². The molecule has 4 aromatic rings. The summed E-state index contributed by atoms with van der Waals surface area (Å²) in [6.45, 7) is 3.08. The van der Waals surface area contributed by atoms with E-state index in [0.29, 0.717) is 30.2 Å². The molecule has 0 atom stereocenters. The van der Waals surface area contributed by atoms with Gasteiger partial charge in [0.1, 0.15) is 11.5 Å². The second-order valence-corrected chi connectivity index (χ2v) is 8.64. The van der Waals surface area contributed by atoms with Gasteiger partial charge >= 0.3 is 0 Å². The van der Waals surface area contributed by atoms with E-state index in [-0.39, 0.29) is 12.5 Å². The highest BCUT2D eigenvalue weighted by Crippen LogP contribution is 2.20. The third kappa shape index (κ3) is 5.07. The number of rotatable bonds is 8. The number of fused-ring (bicyclic) bond motifs is 1. The molecule has 1 fully saturated rings. The summed E-state index contributed by atoms with van der Waals surface area (Å²) in [6.07, 6.45) is 9.42. The predicted molar refractivity (Wildman–Crippen MR) is 133 cm³/mol. The fraction of sp³-hybridized carbons (Fsp3) is 0.320. The van der Waals surface area contributed by atoms with Crippen molar-refractivity contribution < 1.29 is 9.53 Å². The van der Waals surface area contributed by atoms with Crippen LogP contribution in [0, 0.1) is 0 Å². The lowest BCUT2D eigenvalue weighted by molar-refractivity contribution is 0.0946. The molecular formula is C25H28N8O2. The third-order valence-electron chi connectivity index (χ3n) is 6.10. The number of anilines is 2. The number of pyridine rings is 1. The molecule has 4 heterocycles. The molecule has 1 amide bonds. The summed E-state index contributed by atoms with van der Waals surface area (Å²) in [5.41, 5.74) is 8.87. The molecule has 180 valence electrons. The fourth-order valence-corrected chi connectivity index (χ4v) is 4.31. The van der Waals surface area contributed by atoms with E-state index in [1.165, 1.54) is 12.8 Å². The van der Waals surface area contributed by atoms with Gasteiger partial charge in [-0.3, -0.25) is 9.48 Å². The Kier molecular flexibility index (Phi) is 6.53. The number of carbonyl (C=O) groups excluding carboxylic acids is 1. The van der Waals surface area contributed by atoms with Crippen molar-refractivity contribution in [3.8, 4) is 0 Å². The highest BCUT2D eigenvalue weighted by Gasteiger charge is 2.18. The van der Waals surface area contributed by atoms with Gasteiger partial charge in [0.25, 0.3) is 5.91 Å². The maximum absolute atomic E-state index is 13.0. The molecule has 1 aromatic carbocycles. The lowest BCUT2D eigenvalue weighted by Gasteiger charge is -2.14. The van der Waals surface area contributed by atoms with Crippen molar-refractivity contribution in [1.29, 1.82) is 0 Å². The molecule has 5 rings (SSSR count). The average molecular weight is 473 g/mol. The van der Waals surface area contributed by atoms with Crippen LogP contribution in [0.1, 0.15) is 40.0 Å². The van der Waals surface area contributed by atoms with E-state index in [1.807, 2.05) is 36.7 Å². The number of nitrogen functional groups attached to an aromatic ring is 1. The summed E-state index contributed by atoms with van der Waals surface area (Å²) >= 11 is 0. The van der Waals surface area contributed by atoms with Crippen molar-refractivity contribution in [3.05, 3.63) is 71.4 Å². The van der Waals surface area contributed by atoms with Gasteiger partial charge in [0.05, 0.1) is 18.7 Å². The number of carbonyl (C=O) groups is 1. The van der Waals surface area contributed by atoms with E-state index >= 15 is 0 Å². The van der Waals surface area contributed by atoms with Gasteiger partial charge in [0.15, 0.2) is 0 Å². The molecule has 35 heavy (non-hydrogen) atoms. The monoisotopic (exact) mass is 472 g/mol. The number of methoxy groups -OCH3 is 1. The SMILES string of the molecule is COCc1nn(Cc2cnc(N3CCCC3)nc2)cc1C(=O)NCc1ccc2c(N)nccc2c1. The largest absolute Gasteiger partial charge is 0.383 e. The van der Waals surface area contributed by atoms with Crippen molar-refractivity contribution in [2.75, 3.05) is 30.8 Å². The van der Waals surface area contributed by atoms with Crippen molar-refractivity contribution in [2.24, 2.45) is 0 Å². The quantitative estimate of drug-likeness (QED) is 0.401. The zero-order valence-corrected chi connectivity index (χ0v) is 19.6. The van der Waals surface area contributed by atoms with Gasteiger partial charge in [-0.05, 0) is 35.9 Å². The summed E-state index contributed by atoms with van der Waals surface area (Å²) < 4.78 is 7.00. The summed E-state index contributed by atoms with van der Waals surface area (Å²) in [7, 11) is 1.58. The highest BCUT2D eigenvalue weighted by molar-refractivity contribution is 5.95. The van der Waals surface area contributed by atoms with E-state index in [0.717, 1.165) is 40.9 Å². The van der Waals surface area contributed by atoms with E-state index in [2.05, 4.69) is 30.3 Å². The van der Waals surface area contributed by atoms with Crippen LogP contribution in [0.5, 0.6) is 0 Å². The number of hydrogen-bond donors (Lipinski definition) is 2. The number of hydrogen-bond acceptors (Lipinski definition) is 8. The van der Waals surface area contributed by atoms with Crippen LogP contribution in [0.2, 0.25) is 0 Å². The molecule has 0 aliphatic carbocycles. The molecule has 1 aliphatic rings. The minimum absolute atomic E-state index is 0.210. The summed E-state index contributed by atoms with van der Waals surface area (Å²) in [5, 5.41) is 9.42. The standard InChI is InChI=1S/C25H28N8O2/c1-35-16-22-21(24(34)28-11-17-4-5-20-19(10-17)6-7-27-23(20)26)15-33(31-22)14-18-12-29-25(30-13-18)32-8-2-3-9-32/h4-7,10,12-13,15H,2-3,8-9,11,14,16H2,1H3,(H2,26,27)(H,28,34). The second-order valence-electron chi connectivity index (χ2n) is 8.64. The minimum atomic E-state index is -0.210. The number of nitrogens with zero attached hydrogens (tertiary/aromatic N) is 6. The van der Waals surface area contributed by atoms with E-state index in [9.17, 15) is 4.79 Å². The predicted octanol–water partition coefficient (Wildman–Crippen LogP) is 2.53. The second kappa shape index (κ2) is 10.1. The van der Waals surface area contributed by atoms with Gasteiger partial charge in [-0.15, -0.1) is 0 Å². The number of benzene rings is 1. The third-order valence-corrected chi connectivity index (χ3v) is 6.10. The van der Waals surface area contributed by atoms with Crippen molar-refractivity contribution >= 4 is 28.4 Å². The van der Waals surface area contributed by atoms with Crippen molar-refractivity contribution in [2.45, 2.75) is 32.5 Å². The Balaban J connectivity index is 1.27. The van der Waals surface area contributed by atoms with Crippen molar-refractivity contribution in [1.82, 2.24) is 30.0 Å². The van der Waals surface area contributed by atoms with Crippen LogP contribution in [0.15, 0.2) is 49.1 Å². The lowest BCUT2D eigenvalue weighted by Crippen LogP contribution is -2.23. The Labute approximate surface area is 203 Å². The number of nitrogens with two attached hydrogens (primary N) is 1. The molecule has 10 heteroatoms. The Bertz CT molecular complexity index is 1330. The molecule has 0 saturated carbocycles. The number of amides is 1. The normalized spacial score (nSPS) is 13.5. The highest BCUT2D eigenvalue weighted by atomic mass is 16.5. The maximum atomic E-state index is 13.0. The van der Waals surface area contributed by atoms with Crippen LogP contribution in [0.4, 0.5) is 11.8 Å². The molecule has 0 unspecified atom stereocenters. The van der Waals surface area contributed by atoms with Crippen LogP contribution < -0.4 is 16.0 Å². The summed E-state index contributed by atoms with van der Waals surface area (Å²) in [6, 6.07) is 7.76. The average Bonchev–Trinajstić information content (AvgIpc) is 3.54. The first-order chi connectivity index (χ1) is 17.1. The number of nitrogens with one attached hydrogen (secondary N) is 1. The molecule has 0 bridgehead atoms. The summed E-state index contributed by atoms with van der Waals surface area (Å²) in [4.78, 5) is 28.3. The Morgan fingerprint density at radius 3 is 2.69 bits per heavy atom. The molecule has 0 radical (unpaired) electrons. The number of ether oxygens (including phenoxy) is 1. The molecule has 1 aliphatic heterocycles. The van der Waals surface area contributed by atoms with Crippen LogP contribution in [-0.4, -0.2) is 50.8 Å². The van der Waals surface area contributed by atoms with Gasteiger partial charge in [-0.25, -0.2) is 15.0 Å². The fourth-order valence-electron chi connectivity index (χ4n) is 4.31. The minimum Gasteiger partial charge on any atom is -0.383 e. The Morgan fingerprint density at radius 1 is 1.11 bits per heavy atom. The molecule has 3 N–H and O–H groups in total. The van der Waals surface area contributed by atoms with E-state index < -0.39 is 0 Å². The topological polar surface area (TPSA) is 124 Å². The van der Waals surface area contributed by atoms with Gasteiger partial charge in [-0.1, -0.05) is 12.1 Å². The van der Waals surface area contributed by atoms with Crippen LogP contribution >= 0.6 is 0 Å². The molecular weight excluding hydrogens is 444 g/mol. The summed E-state index contributed by atoms with van der Waals surface area (Å²) in [5.74, 6) is 1.04. The van der Waals surface area contributed by atoms with E-state index in [4.69, 9.17) is 10.5 Å². The van der Waals surface area contributed by atoms with E-state index in [1.54, 1.807) is 24.2 Å². The van der Waals surface area contributed by atoms with Gasteiger partial charge in [0.2, 0.25) is 5.95 Å². The van der Waals surface area contributed by atoms with Crippen LogP contribution in [-0.2, 0) is 24.4 Å². The molecule has 0 spiro atoms. The molecule has 10 nitrogen and oxygen atoms in total. The van der Waals surface area contributed by atoms with Crippen LogP contribution in [0.3, 0.4) is 0 Å². The Hall–Kier alpha value is -4.05. The number of aromatic nitrogens is 5. The first-order valence-corrected chi connectivity index (χ1v) is 11.6. The van der Waals surface area contributed by atoms with Gasteiger partial charge in [0, 0.05) is 62.5 Å². The zero-order valence-electron chi connectivity index (χ0n) is 19.6. The zero-order chi connectivity index (χ0) is 24.2. The molecule has 3 aromatic heterocycles. The van der Waals surface area contributed by atoms with Crippen molar-refractivity contribution in [3.63, 3.8) is 0 Å². The lowest BCUT2D eigenvalue weighted by atomic mass is 10.1.